The van der Waals surface area contributed by atoms with E-state index in [1.165, 1.54) is 0 Å². The number of hydrogen-bond acceptors (Lipinski definition) is 4. The van der Waals surface area contributed by atoms with Gasteiger partial charge in [0.1, 0.15) is 0 Å². The second kappa shape index (κ2) is 6.35. The second-order valence-corrected chi connectivity index (χ2v) is 6.85. The summed E-state index contributed by atoms with van der Waals surface area (Å²) >= 11 is 0. The average Bonchev–Trinajstić information content (AvgIpc) is 3.08. The third kappa shape index (κ3) is 3.04. The highest BCUT2D eigenvalue weighted by Gasteiger charge is 2.36. The highest BCUT2D eigenvalue weighted by molar-refractivity contribution is 5.95. The minimum absolute atomic E-state index is 0.0974. The highest BCUT2D eigenvalue weighted by atomic mass is 16.5. The lowest BCUT2D eigenvalue weighted by Crippen LogP contribution is -2.47. The number of ether oxygens (including phenoxy) is 1. The zero-order chi connectivity index (χ0) is 17.4. The first kappa shape index (κ1) is 15.9. The first-order valence-corrected chi connectivity index (χ1v) is 8.71. The molecular formula is C19H21N3O3. The number of hydrogen-bond donors (Lipinski definition) is 1. The molecule has 1 aromatic carbocycles. The molecule has 2 unspecified atom stereocenters. The van der Waals surface area contributed by atoms with Crippen LogP contribution in [0, 0.1) is 6.92 Å². The van der Waals surface area contributed by atoms with Gasteiger partial charge in [-0.1, -0.05) is 18.2 Å². The number of benzene rings is 1. The van der Waals surface area contributed by atoms with Crippen LogP contribution in [0.25, 0.3) is 0 Å². The quantitative estimate of drug-likeness (QED) is 0.851. The molecule has 2 aromatic rings. The van der Waals surface area contributed by atoms with Crippen LogP contribution >= 0.6 is 0 Å². The highest BCUT2D eigenvalue weighted by Crippen LogP contribution is 2.28. The SMILES string of the molecule is Cc1cc(C2CCCN(C(=O)C3Cc4ccccc4C(=O)O3)C2)n[nH]1. The van der Waals surface area contributed by atoms with Gasteiger partial charge in [0.25, 0.3) is 5.91 Å². The van der Waals surface area contributed by atoms with Crippen molar-refractivity contribution < 1.29 is 14.3 Å². The van der Waals surface area contributed by atoms with E-state index in [1.807, 2.05) is 36.1 Å². The molecule has 1 amide bonds. The summed E-state index contributed by atoms with van der Waals surface area (Å²) in [6, 6.07) is 9.37. The summed E-state index contributed by atoms with van der Waals surface area (Å²) in [4.78, 5) is 26.9. The van der Waals surface area contributed by atoms with E-state index in [0.717, 1.165) is 29.8 Å². The Morgan fingerprint density at radius 2 is 2.20 bits per heavy atom. The minimum Gasteiger partial charge on any atom is -0.448 e. The van der Waals surface area contributed by atoms with E-state index in [9.17, 15) is 9.59 Å². The van der Waals surface area contributed by atoms with E-state index in [0.29, 0.717) is 25.1 Å². The third-order valence-corrected chi connectivity index (χ3v) is 5.04. The van der Waals surface area contributed by atoms with Crippen molar-refractivity contribution in [3.63, 3.8) is 0 Å². The first-order chi connectivity index (χ1) is 12.1. The number of piperidine rings is 1. The molecule has 0 aliphatic carbocycles. The van der Waals surface area contributed by atoms with Crippen LogP contribution in [-0.2, 0) is 16.0 Å². The Balaban J connectivity index is 1.48. The van der Waals surface area contributed by atoms with Crippen molar-refractivity contribution in [2.45, 2.75) is 38.2 Å². The summed E-state index contributed by atoms with van der Waals surface area (Å²) in [5.41, 5.74) is 3.47. The number of likely N-dealkylation sites (tertiary alicyclic amines) is 1. The van der Waals surface area contributed by atoms with Gasteiger partial charge >= 0.3 is 5.97 Å². The van der Waals surface area contributed by atoms with E-state index < -0.39 is 12.1 Å². The molecule has 1 N–H and O–H groups in total. The Bertz CT molecular complexity index is 814. The molecule has 0 bridgehead atoms. The van der Waals surface area contributed by atoms with E-state index in [4.69, 9.17) is 4.74 Å². The third-order valence-electron chi connectivity index (χ3n) is 5.04. The summed E-state index contributed by atoms with van der Waals surface area (Å²) in [5, 5.41) is 7.31. The Morgan fingerprint density at radius 3 is 3.00 bits per heavy atom. The summed E-state index contributed by atoms with van der Waals surface area (Å²) in [5.74, 6) is -0.272. The van der Waals surface area contributed by atoms with Gasteiger partial charge in [-0.05, 0) is 37.5 Å². The van der Waals surface area contributed by atoms with Crippen molar-refractivity contribution in [3.05, 3.63) is 52.8 Å². The molecular weight excluding hydrogens is 318 g/mol. The predicted molar refractivity (Wildman–Crippen MR) is 91.2 cm³/mol. The van der Waals surface area contributed by atoms with Gasteiger partial charge in [-0.25, -0.2) is 4.79 Å². The number of nitrogens with zero attached hydrogens (tertiary/aromatic N) is 2. The molecule has 2 aliphatic rings. The molecule has 4 rings (SSSR count). The zero-order valence-electron chi connectivity index (χ0n) is 14.2. The largest absolute Gasteiger partial charge is 0.448 e. The Morgan fingerprint density at radius 1 is 1.36 bits per heavy atom. The van der Waals surface area contributed by atoms with Crippen molar-refractivity contribution in [1.82, 2.24) is 15.1 Å². The number of amides is 1. The Labute approximate surface area is 146 Å². The van der Waals surface area contributed by atoms with Crippen molar-refractivity contribution >= 4 is 11.9 Å². The molecule has 0 saturated carbocycles. The first-order valence-electron chi connectivity index (χ1n) is 8.71. The van der Waals surface area contributed by atoms with Crippen LogP contribution in [0.15, 0.2) is 30.3 Å². The molecule has 1 saturated heterocycles. The fourth-order valence-corrected chi connectivity index (χ4v) is 3.74. The number of esters is 1. The summed E-state index contributed by atoms with van der Waals surface area (Å²) in [7, 11) is 0. The van der Waals surface area contributed by atoms with Crippen molar-refractivity contribution in [3.8, 4) is 0 Å². The molecule has 0 radical (unpaired) electrons. The van der Waals surface area contributed by atoms with Gasteiger partial charge in [0, 0.05) is 31.1 Å². The van der Waals surface area contributed by atoms with Gasteiger partial charge in [0.05, 0.1) is 11.3 Å². The lowest BCUT2D eigenvalue weighted by Gasteiger charge is -2.35. The normalized spacial score (nSPS) is 23.1. The fourth-order valence-electron chi connectivity index (χ4n) is 3.74. The van der Waals surface area contributed by atoms with Gasteiger partial charge in [0.2, 0.25) is 0 Å². The van der Waals surface area contributed by atoms with E-state index in [1.54, 1.807) is 6.07 Å². The molecule has 0 spiro atoms. The van der Waals surface area contributed by atoms with Gasteiger partial charge in [-0.2, -0.15) is 5.10 Å². The molecule has 6 heteroatoms. The minimum atomic E-state index is -0.720. The smallest absolute Gasteiger partial charge is 0.339 e. The fraction of sp³-hybridized carbons (Fsp3) is 0.421. The standard InChI is InChI=1S/C19H21N3O3/c1-12-9-16(21-20-12)14-6-4-8-22(11-14)18(23)17-10-13-5-2-3-7-15(13)19(24)25-17/h2-3,5,7,9,14,17H,4,6,8,10-11H2,1H3,(H,20,21). The number of rotatable bonds is 2. The number of aromatic amines is 1. The number of aromatic nitrogens is 2. The Hall–Kier alpha value is -2.63. The molecule has 25 heavy (non-hydrogen) atoms. The van der Waals surface area contributed by atoms with Crippen LogP contribution in [0.5, 0.6) is 0 Å². The summed E-state index contributed by atoms with van der Waals surface area (Å²) < 4.78 is 5.42. The topological polar surface area (TPSA) is 75.3 Å². The van der Waals surface area contributed by atoms with Crippen LogP contribution in [0.4, 0.5) is 0 Å². The zero-order valence-corrected chi connectivity index (χ0v) is 14.2. The number of nitrogens with one attached hydrogen (secondary N) is 1. The van der Waals surface area contributed by atoms with Crippen LogP contribution in [-0.4, -0.2) is 46.2 Å². The summed E-state index contributed by atoms with van der Waals surface area (Å²) in [6.07, 6.45) is 1.67. The maximum Gasteiger partial charge on any atom is 0.339 e. The molecule has 1 aromatic heterocycles. The van der Waals surface area contributed by atoms with Gasteiger partial charge in [-0.3, -0.25) is 9.89 Å². The van der Waals surface area contributed by atoms with E-state index in [2.05, 4.69) is 10.2 Å². The maximum absolute atomic E-state index is 12.9. The van der Waals surface area contributed by atoms with Crippen LogP contribution < -0.4 is 0 Å². The van der Waals surface area contributed by atoms with E-state index in [-0.39, 0.29) is 11.8 Å². The average molecular weight is 339 g/mol. The monoisotopic (exact) mass is 339 g/mol. The molecule has 6 nitrogen and oxygen atoms in total. The number of carbonyl (C=O) groups excluding carboxylic acids is 2. The van der Waals surface area contributed by atoms with Crippen LogP contribution in [0.1, 0.15) is 46.1 Å². The number of aryl methyl sites for hydroxylation is 1. The van der Waals surface area contributed by atoms with Gasteiger partial charge < -0.3 is 9.64 Å². The van der Waals surface area contributed by atoms with Crippen LogP contribution in [0.2, 0.25) is 0 Å². The molecule has 130 valence electrons. The number of fused-ring (bicyclic) bond motifs is 1. The van der Waals surface area contributed by atoms with E-state index >= 15 is 0 Å². The molecule has 3 heterocycles. The van der Waals surface area contributed by atoms with Crippen LogP contribution in [0.3, 0.4) is 0 Å². The Kier molecular flexibility index (Phi) is 4.03. The number of carbonyl (C=O) groups is 2. The van der Waals surface area contributed by atoms with Crippen molar-refractivity contribution in [2.75, 3.05) is 13.1 Å². The lowest BCUT2D eigenvalue weighted by molar-refractivity contribution is -0.142. The molecule has 2 aliphatic heterocycles. The van der Waals surface area contributed by atoms with Crippen molar-refractivity contribution in [2.24, 2.45) is 0 Å². The predicted octanol–water partition coefficient (Wildman–Crippen LogP) is 2.21. The summed E-state index contributed by atoms with van der Waals surface area (Å²) in [6.45, 7) is 3.30. The number of H-pyrrole nitrogens is 1. The van der Waals surface area contributed by atoms with Crippen molar-refractivity contribution in [1.29, 1.82) is 0 Å². The second-order valence-electron chi connectivity index (χ2n) is 6.85. The lowest BCUT2D eigenvalue weighted by atomic mass is 9.93. The van der Waals surface area contributed by atoms with Gasteiger partial charge in [-0.15, -0.1) is 0 Å². The molecule has 2 atom stereocenters. The van der Waals surface area contributed by atoms with Gasteiger partial charge in [0.15, 0.2) is 6.10 Å². The molecule has 1 fully saturated rings. The number of cyclic esters (lactones) is 1. The maximum atomic E-state index is 12.9.